The molecule has 1 saturated heterocycles. The van der Waals surface area contributed by atoms with Gasteiger partial charge in [-0.2, -0.15) is 5.10 Å². The minimum absolute atomic E-state index is 0.0349. The van der Waals surface area contributed by atoms with E-state index in [4.69, 9.17) is 4.74 Å². The van der Waals surface area contributed by atoms with Crippen LogP contribution < -0.4 is 15.4 Å². The predicted octanol–water partition coefficient (Wildman–Crippen LogP) is 3.56. The van der Waals surface area contributed by atoms with Crippen molar-refractivity contribution in [3.63, 3.8) is 0 Å². The zero-order chi connectivity index (χ0) is 21.5. The van der Waals surface area contributed by atoms with Crippen LogP contribution in [-0.4, -0.2) is 34.6 Å². The lowest BCUT2D eigenvalue weighted by Crippen LogP contribution is -2.41. The van der Waals surface area contributed by atoms with Crippen LogP contribution in [0, 0.1) is 5.82 Å². The van der Waals surface area contributed by atoms with Gasteiger partial charge in [-0.05, 0) is 55.8 Å². The Hall–Kier alpha value is -3.20. The van der Waals surface area contributed by atoms with Gasteiger partial charge in [-0.25, -0.2) is 4.39 Å². The molecule has 2 aromatic carbocycles. The lowest BCUT2D eigenvalue weighted by molar-refractivity contribution is -0.123. The Morgan fingerprint density at radius 2 is 1.93 bits per heavy atom. The molecule has 1 fully saturated rings. The molecular weight excluding hydrogens is 407 g/mol. The van der Waals surface area contributed by atoms with Gasteiger partial charge in [0.1, 0.15) is 16.8 Å². The fourth-order valence-corrected chi connectivity index (χ4v) is 3.56. The highest BCUT2D eigenvalue weighted by atomic mass is 32.2. The summed E-state index contributed by atoms with van der Waals surface area (Å²) in [7, 11) is 0. The number of halogens is 1. The van der Waals surface area contributed by atoms with Crippen molar-refractivity contribution in [1.29, 1.82) is 0 Å². The number of nitrogens with one attached hydrogen (secondary N) is 2. The summed E-state index contributed by atoms with van der Waals surface area (Å²) in [6, 6.07) is 12.9. The van der Waals surface area contributed by atoms with Gasteiger partial charge in [0.05, 0.1) is 12.3 Å². The van der Waals surface area contributed by atoms with Crippen molar-refractivity contribution in [2.75, 3.05) is 11.9 Å². The van der Waals surface area contributed by atoms with Crippen molar-refractivity contribution in [3.05, 3.63) is 59.9 Å². The first-order valence-electron chi connectivity index (χ1n) is 9.33. The first-order chi connectivity index (χ1) is 14.4. The Morgan fingerprint density at radius 1 is 1.23 bits per heavy atom. The second kappa shape index (κ2) is 10.0. The van der Waals surface area contributed by atoms with E-state index >= 15 is 0 Å². The molecule has 1 atom stereocenters. The lowest BCUT2D eigenvalue weighted by Gasteiger charge is -2.21. The first-order valence-corrected chi connectivity index (χ1v) is 10.2. The smallest absolute Gasteiger partial charge is 0.238 e. The SMILES string of the molecule is CCOc1ccc(NC(=O)C2CC(=O)N/C(=N\N=C(/C)c3ccc(F)cc3)S2)cc1. The number of thioether (sulfide) groups is 1. The van der Waals surface area contributed by atoms with Crippen LogP contribution in [-0.2, 0) is 9.59 Å². The Bertz CT molecular complexity index is 975. The Morgan fingerprint density at radius 3 is 2.60 bits per heavy atom. The molecule has 1 aliphatic heterocycles. The van der Waals surface area contributed by atoms with Crippen molar-refractivity contribution >= 4 is 40.1 Å². The summed E-state index contributed by atoms with van der Waals surface area (Å²) in [4.78, 5) is 24.6. The summed E-state index contributed by atoms with van der Waals surface area (Å²) in [5, 5.41) is 13.1. The molecule has 1 aliphatic rings. The van der Waals surface area contributed by atoms with E-state index in [9.17, 15) is 14.0 Å². The van der Waals surface area contributed by atoms with E-state index in [1.54, 1.807) is 43.3 Å². The second-order valence-corrected chi connectivity index (χ2v) is 7.59. The van der Waals surface area contributed by atoms with Crippen LogP contribution in [0.5, 0.6) is 5.75 Å². The number of amides is 2. The Balaban J connectivity index is 1.66. The van der Waals surface area contributed by atoms with Gasteiger partial charge in [0.25, 0.3) is 0 Å². The van der Waals surface area contributed by atoms with E-state index in [1.807, 2.05) is 6.92 Å². The number of ether oxygens (including phenoxy) is 1. The number of hydrogen-bond donors (Lipinski definition) is 2. The van der Waals surface area contributed by atoms with E-state index in [0.717, 1.165) is 11.8 Å². The number of benzene rings is 2. The number of amidine groups is 1. The van der Waals surface area contributed by atoms with E-state index in [2.05, 4.69) is 20.8 Å². The van der Waals surface area contributed by atoms with Crippen LogP contribution in [0.3, 0.4) is 0 Å². The molecule has 2 aromatic rings. The molecule has 9 heteroatoms. The van der Waals surface area contributed by atoms with E-state index in [0.29, 0.717) is 29.3 Å². The molecule has 1 unspecified atom stereocenters. The maximum absolute atomic E-state index is 13.0. The van der Waals surface area contributed by atoms with Crippen LogP contribution in [0.1, 0.15) is 25.8 Å². The molecular formula is C21H21FN4O3S. The molecule has 0 aliphatic carbocycles. The summed E-state index contributed by atoms with van der Waals surface area (Å²) >= 11 is 1.13. The quantitative estimate of drug-likeness (QED) is 0.544. The molecule has 2 N–H and O–H groups in total. The highest BCUT2D eigenvalue weighted by Crippen LogP contribution is 2.23. The summed E-state index contributed by atoms with van der Waals surface area (Å²) in [5.74, 6) is -0.236. The van der Waals surface area contributed by atoms with Gasteiger partial charge >= 0.3 is 0 Å². The average Bonchev–Trinajstić information content (AvgIpc) is 2.74. The zero-order valence-corrected chi connectivity index (χ0v) is 17.3. The Kier molecular flexibility index (Phi) is 7.18. The van der Waals surface area contributed by atoms with Gasteiger partial charge < -0.3 is 15.4 Å². The third-order valence-corrected chi connectivity index (χ3v) is 5.22. The van der Waals surface area contributed by atoms with Crippen molar-refractivity contribution in [1.82, 2.24) is 5.32 Å². The molecule has 0 spiro atoms. The van der Waals surface area contributed by atoms with Crippen LogP contribution in [0.25, 0.3) is 0 Å². The van der Waals surface area contributed by atoms with Crippen LogP contribution in [0.15, 0.2) is 58.7 Å². The molecule has 30 heavy (non-hydrogen) atoms. The normalized spacial score (nSPS) is 18.1. The van der Waals surface area contributed by atoms with Gasteiger partial charge in [-0.1, -0.05) is 23.9 Å². The standard InChI is InChI=1S/C21H21FN4O3S/c1-3-29-17-10-8-16(9-11-17)23-20(28)18-12-19(27)24-21(30-18)26-25-13(2)14-4-6-15(22)7-5-14/h4-11,18H,3,12H2,1-2H3,(H,23,28)(H,24,26,27)/b25-13+. The summed E-state index contributed by atoms with van der Waals surface area (Å²) in [6.45, 7) is 4.18. The lowest BCUT2D eigenvalue weighted by atomic mass is 10.1. The highest BCUT2D eigenvalue weighted by molar-refractivity contribution is 8.15. The number of rotatable bonds is 6. The molecule has 0 bridgehead atoms. The topological polar surface area (TPSA) is 92.1 Å². The maximum atomic E-state index is 13.0. The minimum Gasteiger partial charge on any atom is -0.494 e. The summed E-state index contributed by atoms with van der Waals surface area (Å²) < 4.78 is 18.4. The molecule has 1 heterocycles. The number of anilines is 1. The second-order valence-electron chi connectivity index (χ2n) is 6.40. The molecule has 0 saturated carbocycles. The Labute approximate surface area is 177 Å². The van der Waals surface area contributed by atoms with Crippen molar-refractivity contribution in [2.24, 2.45) is 10.2 Å². The molecule has 0 aromatic heterocycles. The fraction of sp³-hybridized carbons (Fsp3) is 0.238. The third kappa shape index (κ3) is 5.90. The van der Waals surface area contributed by atoms with Crippen molar-refractivity contribution in [2.45, 2.75) is 25.5 Å². The molecule has 0 radical (unpaired) electrons. The number of hydrogen-bond acceptors (Lipinski definition) is 6. The van der Waals surface area contributed by atoms with Crippen LogP contribution in [0.2, 0.25) is 0 Å². The van der Waals surface area contributed by atoms with Crippen molar-refractivity contribution in [3.8, 4) is 5.75 Å². The average molecular weight is 428 g/mol. The molecule has 156 valence electrons. The summed E-state index contributed by atoms with van der Waals surface area (Å²) in [6.07, 6.45) is 0.0349. The van der Waals surface area contributed by atoms with E-state index in [1.165, 1.54) is 12.1 Å². The van der Waals surface area contributed by atoms with Gasteiger partial charge in [0.15, 0.2) is 5.17 Å². The van der Waals surface area contributed by atoms with E-state index in [-0.39, 0.29) is 29.2 Å². The van der Waals surface area contributed by atoms with Gasteiger partial charge in [0.2, 0.25) is 11.8 Å². The third-order valence-electron chi connectivity index (χ3n) is 4.15. The fourth-order valence-electron chi connectivity index (χ4n) is 2.63. The monoisotopic (exact) mass is 428 g/mol. The van der Waals surface area contributed by atoms with Crippen LogP contribution in [0.4, 0.5) is 10.1 Å². The van der Waals surface area contributed by atoms with E-state index < -0.39 is 5.25 Å². The minimum atomic E-state index is -0.634. The molecule has 7 nitrogen and oxygen atoms in total. The van der Waals surface area contributed by atoms with Crippen molar-refractivity contribution < 1.29 is 18.7 Å². The first kappa shape index (κ1) is 21.5. The number of nitrogens with zero attached hydrogens (tertiary/aromatic N) is 2. The molecule has 3 rings (SSSR count). The zero-order valence-electron chi connectivity index (χ0n) is 16.5. The largest absolute Gasteiger partial charge is 0.494 e. The summed E-state index contributed by atoms with van der Waals surface area (Å²) in [5.41, 5.74) is 1.87. The van der Waals surface area contributed by atoms with Crippen LogP contribution >= 0.6 is 11.8 Å². The molecule has 2 amide bonds. The van der Waals surface area contributed by atoms with Gasteiger partial charge in [0, 0.05) is 12.1 Å². The highest BCUT2D eigenvalue weighted by Gasteiger charge is 2.30. The van der Waals surface area contributed by atoms with Gasteiger partial charge in [-0.3, -0.25) is 9.59 Å². The predicted molar refractivity (Wildman–Crippen MR) is 116 cm³/mol. The number of carbonyl (C=O) groups excluding carboxylic acids is 2. The number of carbonyl (C=O) groups is 2. The van der Waals surface area contributed by atoms with Gasteiger partial charge in [-0.15, -0.1) is 5.10 Å². The maximum Gasteiger partial charge on any atom is 0.238 e.